The molecular weight excluding hydrogens is 191 g/mol. The van der Waals surface area contributed by atoms with Crippen LogP contribution in [0.15, 0.2) is 18.2 Å². The summed E-state index contributed by atoms with van der Waals surface area (Å²) in [7, 11) is 0. The summed E-state index contributed by atoms with van der Waals surface area (Å²) >= 11 is 0. The third-order valence-electron chi connectivity index (χ3n) is 2.23. The lowest BCUT2D eigenvalue weighted by Gasteiger charge is -2.17. The molecule has 80 valence electrons. The Kier molecular flexibility index (Phi) is 4.14. The maximum atomic E-state index is 13.1. The smallest absolute Gasteiger partial charge is 0.146 e. The SMILES string of the molecule is C#CCN(CC)Cc1ccc(N)c(F)c1. The van der Waals surface area contributed by atoms with Crippen molar-refractivity contribution >= 4 is 5.69 Å². The van der Waals surface area contributed by atoms with Crippen LogP contribution in [0.1, 0.15) is 12.5 Å². The lowest BCUT2D eigenvalue weighted by molar-refractivity contribution is 0.315. The summed E-state index contributed by atoms with van der Waals surface area (Å²) in [5.74, 6) is 2.20. The van der Waals surface area contributed by atoms with Gasteiger partial charge in [-0.25, -0.2) is 4.39 Å². The fourth-order valence-corrected chi connectivity index (χ4v) is 1.34. The van der Waals surface area contributed by atoms with Crippen LogP contribution in [0.4, 0.5) is 10.1 Å². The van der Waals surface area contributed by atoms with Crippen LogP contribution < -0.4 is 5.73 Å². The summed E-state index contributed by atoms with van der Waals surface area (Å²) in [6.07, 6.45) is 5.23. The van der Waals surface area contributed by atoms with Crippen molar-refractivity contribution in [2.45, 2.75) is 13.5 Å². The number of terminal acetylenes is 1. The van der Waals surface area contributed by atoms with Crippen molar-refractivity contribution in [3.8, 4) is 12.3 Å². The predicted molar refractivity (Wildman–Crippen MR) is 60.6 cm³/mol. The molecule has 15 heavy (non-hydrogen) atoms. The highest BCUT2D eigenvalue weighted by molar-refractivity contribution is 5.41. The molecule has 1 aromatic rings. The van der Waals surface area contributed by atoms with E-state index in [1.54, 1.807) is 6.07 Å². The number of nitrogen functional groups attached to an aromatic ring is 1. The molecule has 0 unspecified atom stereocenters. The number of halogens is 1. The average molecular weight is 206 g/mol. The highest BCUT2D eigenvalue weighted by Gasteiger charge is 2.04. The van der Waals surface area contributed by atoms with Crippen LogP contribution in [0.2, 0.25) is 0 Å². The standard InChI is InChI=1S/C12H15FN2/c1-3-7-15(4-2)9-10-5-6-12(14)11(13)8-10/h1,5-6,8H,4,7,9,14H2,2H3. The molecule has 0 amide bonds. The van der Waals surface area contributed by atoms with Crippen LogP contribution in [0.3, 0.4) is 0 Å². The molecule has 1 aromatic carbocycles. The number of nitrogens with zero attached hydrogens (tertiary/aromatic N) is 1. The van der Waals surface area contributed by atoms with Gasteiger partial charge in [0.15, 0.2) is 0 Å². The van der Waals surface area contributed by atoms with E-state index in [0.717, 1.165) is 12.1 Å². The van der Waals surface area contributed by atoms with Gasteiger partial charge in [-0.15, -0.1) is 6.42 Å². The van der Waals surface area contributed by atoms with Gasteiger partial charge in [0.25, 0.3) is 0 Å². The van der Waals surface area contributed by atoms with Gasteiger partial charge in [-0.05, 0) is 24.2 Å². The Hall–Kier alpha value is -1.53. The first-order chi connectivity index (χ1) is 7.17. The van der Waals surface area contributed by atoms with Gasteiger partial charge in [-0.3, -0.25) is 4.90 Å². The van der Waals surface area contributed by atoms with Crippen molar-refractivity contribution in [1.82, 2.24) is 4.90 Å². The molecule has 0 heterocycles. The molecule has 0 aliphatic carbocycles. The van der Waals surface area contributed by atoms with E-state index in [4.69, 9.17) is 12.2 Å². The molecule has 0 fully saturated rings. The predicted octanol–water partition coefficient (Wildman–Crippen LogP) is 1.86. The largest absolute Gasteiger partial charge is 0.396 e. The zero-order valence-corrected chi connectivity index (χ0v) is 8.83. The Labute approximate surface area is 89.9 Å². The van der Waals surface area contributed by atoms with Crippen LogP contribution >= 0.6 is 0 Å². The van der Waals surface area contributed by atoms with Crippen LogP contribution in [-0.2, 0) is 6.54 Å². The minimum atomic E-state index is -0.371. The van der Waals surface area contributed by atoms with E-state index >= 15 is 0 Å². The maximum Gasteiger partial charge on any atom is 0.146 e. The molecule has 2 nitrogen and oxygen atoms in total. The molecule has 0 atom stereocenters. The monoisotopic (exact) mass is 206 g/mol. The van der Waals surface area contributed by atoms with Crippen molar-refractivity contribution in [3.63, 3.8) is 0 Å². The Morgan fingerprint density at radius 1 is 1.53 bits per heavy atom. The first-order valence-electron chi connectivity index (χ1n) is 4.87. The summed E-state index contributed by atoms with van der Waals surface area (Å²) in [6.45, 7) is 4.08. The summed E-state index contributed by atoms with van der Waals surface area (Å²) < 4.78 is 13.1. The minimum Gasteiger partial charge on any atom is -0.396 e. The summed E-state index contributed by atoms with van der Waals surface area (Å²) in [4.78, 5) is 2.05. The number of hydrogen-bond acceptors (Lipinski definition) is 2. The van der Waals surface area contributed by atoms with Gasteiger partial charge >= 0.3 is 0 Å². The van der Waals surface area contributed by atoms with Crippen LogP contribution in [-0.4, -0.2) is 18.0 Å². The van der Waals surface area contributed by atoms with Gasteiger partial charge in [0, 0.05) is 6.54 Å². The van der Waals surface area contributed by atoms with Crippen molar-refractivity contribution < 1.29 is 4.39 Å². The number of hydrogen-bond donors (Lipinski definition) is 1. The Balaban J connectivity index is 2.71. The molecule has 0 aliphatic heterocycles. The van der Waals surface area contributed by atoms with Crippen molar-refractivity contribution in [2.75, 3.05) is 18.8 Å². The Morgan fingerprint density at radius 3 is 2.80 bits per heavy atom. The summed E-state index contributed by atoms with van der Waals surface area (Å²) in [5, 5.41) is 0. The molecule has 0 aromatic heterocycles. The van der Waals surface area contributed by atoms with E-state index in [1.165, 1.54) is 6.07 Å². The van der Waals surface area contributed by atoms with Crippen LogP contribution in [0.25, 0.3) is 0 Å². The van der Waals surface area contributed by atoms with Crippen LogP contribution in [0, 0.1) is 18.2 Å². The topological polar surface area (TPSA) is 29.3 Å². The number of anilines is 1. The van der Waals surface area contributed by atoms with Crippen molar-refractivity contribution in [3.05, 3.63) is 29.6 Å². The van der Waals surface area contributed by atoms with Gasteiger partial charge in [0.2, 0.25) is 0 Å². The molecule has 0 spiro atoms. The van der Waals surface area contributed by atoms with E-state index in [1.807, 2.05) is 17.9 Å². The molecule has 0 radical (unpaired) electrons. The Morgan fingerprint density at radius 2 is 2.27 bits per heavy atom. The van der Waals surface area contributed by atoms with Gasteiger partial charge in [0.05, 0.1) is 12.2 Å². The molecule has 1 rings (SSSR count). The number of nitrogens with two attached hydrogens (primary N) is 1. The average Bonchev–Trinajstić information content (AvgIpc) is 2.23. The normalized spacial score (nSPS) is 10.3. The third kappa shape index (κ3) is 3.26. The van der Waals surface area contributed by atoms with E-state index in [0.29, 0.717) is 13.1 Å². The molecule has 0 aliphatic rings. The summed E-state index contributed by atoms with van der Waals surface area (Å²) in [6, 6.07) is 4.85. The first kappa shape index (κ1) is 11.5. The van der Waals surface area contributed by atoms with E-state index in [-0.39, 0.29) is 11.5 Å². The Bertz CT molecular complexity index is 368. The van der Waals surface area contributed by atoms with Gasteiger partial charge in [-0.2, -0.15) is 0 Å². The van der Waals surface area contributed by atoms with Crippen molar-refractivity contribution in [1.29, 1.82) is 0 Å². The zero-order valence-electron chi connectivity index (χ0n) is 8.83. The highest BCUT2D eigenvalue weighted by atomic mass is 19.1. The fraction of sp³-hybridized carbons (Fsp3) is 0.333. The highest BCUT2D eigenvalue weighted by Crippen LogP contribution is 2.13. The molecule has 0 bridgehead atoms. The third-order valence-corrected chi connectivity index (χ3v) is 2.23. The minimum absolute atomic E-state index is 0.179. The molecular formula is C12H15FN2. The zero-order chi connectivity index (χ0) is 11.3. The van der Waals surface area contributed by atoms with Gasteiger partial charge in [0.1, 0.15) is 5.82 Å². The molecule has 0 saturated heterocycles. The number of rotatable bonds is 4. The lowest BCUT2D eigenvalue weighted by Crippen LogP contribution is -2.23. The molecule has 3 heteroatoms. The molecule has 2 N–H and O–H groups in total. The van der Waals surface area contributed by atoms with E-state index < -0.39 is 0 Å². The van der Waals surface area contributed by atoms with Crippen molar-refractivity contribution in [2.24, 2.45) is 0 Å². The lowest BCUT2D eigenvalue weighted by atomic mass is 10.2. The number of benzene rings is 1. The maximum absolute atomic E-state index is 13.1. The van der Waals surface area contributed by atoms with Gasteiger partial charge < -0.3 is 5.73 Å². The van der Waals surface area contributed by atoms with Gasteiger partial charge in [-0.1, -0.05) is 18.9 Å². The molecule has 0 saturated carbocycles. The quantitative estimate of drug-likeness (QED) is 0.602. The second-order valence-electron chi connectivity index (χ2n) is 3.36. The van der Waals surface area contributed by atoms with Crippen LogP contribution in [0.5, 0.6) is 0 Å². The van der Waals surface area contributed by atoms with E-state index in [9.17, 15) is 4.39 Å². The second-order valence-corrected chi connectivity index (χ2v) is 3.36. The fourth-order valence-electron chi connectivity index (χ4n) is 1.34. The first-order valence-corrected chi connectivity index (χ1v) is 4.87. The van der Waals surface area contributed by atoms with E-state index in [2.05, 4.69) is 5.92 Å². The second kappa shape index (κ2) is 5.38. The summed E-state index contributed by atoms with van der Waals surface area (Å²) in [5.41, 5.74) is 6.46.